The number of rotatable bonds is 7. The number of carbonyl (C=O) groups is 2. The van der Waals surface area contributed by atoms with Crippen LogP contribution in [-0.2, 0) is 22.2 Å². The number of halogens is 3. The van der Waals surface area contributed by atoms with Crippen LogP contribution in [0.4, 0.5) is 18.9 Å². The van der Waals surface area contributed by atoms with Gasteiger partial charge in [0.05, 0.1) is 32.7 Å². The number of nitrogens with one attached hydrogen (secondary N) is 2. The van der Waals surface area contributed by atoms with Crippen molar-refractivity contribution in [1.29, 1.82) is 0 Å². The lowest BCUT2D eigenvalue weighted by Gasteiger charge is -2.11. The van der Waals surface area contributed by atoms with Crippen molar-refractivity contribution in [3.8, 4) is 11.5 Å². The number of anilines is 1. The Morgan fingerprint density at radius 3 is 2.14 bits per heavy atom. The van der Waals surface area contributed by atoms with Crippen LogP contribution in [-0.4, -0.2) is 32.6 Å². The van der Waals surface area contributed by atoms with Crippen LogP contribution < -0.4 is 20.1 Å². The van der Waals surface area contributed by atoms with E-state index in [2.05, 4.69) is 10.6 Å². The minimum atomic E-state index is -4.44. The van der Waals surface area contributed by atoms with Crippen molar-refractivity contribution >= 4 is 17.5 Å². The van der Waals surface area contributed by atoms with Gasteiger partial charge >= 0.3 is 6.18 Å². The molecule has 0 unspecified atom stereocenters. The second kappa shape index (κ2) is 9.12. The normalized spacial score (nSPS) is 10.9. The first kappa shape index (κ1) is 21.1. The van der Waals surface area contributed by atoms with Crippen LogP contribution >= 0.6 is 0 Å². The second-order valence-electron chi connectivity index (χ2n) is 5.77. The van der Waals surface area contributed by atoms with Crippen molar-refractivity contribution in [2.45, 2.75) is 12.6 Å². The Labute approximate surface area is 159 Å². The Hall–Kier alpha value is -3.23. The van der Waals surface area contributed by atoms with Gasteiger partial charge in [-0.1, -0.05) is 6.07 Å². The van der Waals surface area contributed by atoms with Crippen LogP contribution in [0, 0.1) is 0 Å². The summed E-state index contributed by atoms with van der Waals surface area (Å²) < 4.78 is 47.8. The summed E-state index contributed by atoms with van der Waals surface area (Å²) in [4.78, 5) is 23.8. The molecule has 150 valence electrons. The van der Waals surface area contributed by atoms with Gasteiger partial charge in [0.25, 0.3) is 0 Å². The maximum Gasteiger partial charge on any atom is 0.416 e. The predicted octanol–water partition coefficient (Wildman–Crippen LogP) is 3.02. The third-order valence-electron chi connectivity index (χ3n) is 3.75. The van der Waals surface area contributed by atoms with Crippen molar-refractivity contribution < 1.29 is 32.2 Å². The van der Waals surface area contributed by atoms with E-state index in [1.807, 2.05) is 0 Å². The predicted molar refractivity (Wildman–Crippen MR) is 96.3 cm³/mol. The van der Waals surface area contributed by atoms with Gasteiger partial charge in [0.1, 0.15) is 0 Å². The fraction of sp³-hybridized carbons (Fsp3) is 0.263. The van der Waals surface area contributed by atoms with E-state index in [-0.39, 0.29) is 18.7 Å². The van der Waals surface area contributed by atoms with Crippen molar-refractivity contribution in [2.24, 2.45) is 0 Å². The van der Waals surface area contributed by atoms with Crippen molar-refractivity contribution in [3.05, 3.63) is 53.6 Å². The minimum Gasteiger partial charge on any atom is -0.493 e. The van der Waals surface area contributed by atoms with Crippen molar-refractivity contribution in [3.63, 3.8) is 0 Å². The average molecular weight is 396 g/mol. The standard InChI is InChI=1S/C19H19F3N2O4/c1-27-15-8-3-12(9-16(15)28-2)10-17(25)23-11-18(26)24-14-6-4-13(5-7-14)19(20,21)22/h3-9H,10-11H2,1-2H3,(H,23,25)(H,24,26). The van der Waals surface area contributed by atoms with Crippen LogP contribution in [0.1, 0.15) is 11.1 Å². The first-order valence-electron chi connectivity index (χ1n) is 8.17. The highest BCUT2D eigenvalue weighted by molar-refractivity contribution is 5.94. The molecule has 28 heavy (non-hydrogen) atoms. The van der Waals surface area contributed by atoms with Crippen LogP contribution in [0.3, 0.4) is 0 Å². The lowest BCUT2D eigenvalue weighted by Crippen LogP contribution is -2.33. The zero-order chi connectivity index (χ0) is 20.7. The van der Waals surface area contributed by atoms with Gasteiger partial charge < -0.3 is 20.1 Å². The van der Waals surface area contributed by atoms with Crippen LogP contribution in [0.5, 0.6) is 11.5 Å². The van der Waals surface area contributed by atoms with Crippen molar-refractivity contribution in [2.75, 3.05) is 26.1 Å². The summed E-state index contributed by atoms with van der Waals surface area (Å²) in [6.07, 6.45) is -4.42. The molecule has 0 aliphatic heterocycles. The molecule has 0 aromatic heterocycles. The number of hydrogen-bond donors (Lipinski definition) is 2. The average Bonchev–Trinajstić information content (AvgIpc) is 2.66. The van der Waals surface area contributed by atoms with E-state index in [0.717, 1.165) is 24.3 Å². The highest BCUT2D eigenvalue weighted by Crippen LogP contribution is 2.30. The summed E-state index contributed by atoms with van der Waals surface area (Å²) in [7, 11) is 2.98. The molecule has 0 aliphatic carbocycles. The van der Waals surface area contributed by atoms with Gasteiger partial charge in [-0.3, -0.25) is 9.59 Å². The lowest BCUT2D eigenvalue weighted by molar-refractivity contribution is -0.137. The SMILES string of the molecule is COc1ccc(CC(=O)NCC(=O)Nc2ccc(C(F)(F)F)cc2)cc1OC. The summed E-state index contributed by atoms with van der Waals surface area (Å²) in [5, 5.41) is 4.87. The molecular weight excluding hydrogens is 377 g/mol. The monoisotopic (exact) mass is 396 g/mol. The molecule has 0 radical (unpaired) electrons. The van der Waals surface area contributed by atoms with E-state index >= 15 is 0 Å². The molecule has 0 bridgehead atoms. The van der Waals surface area contributed by atoms with E-state index in [4.69, 9.17) is 9.47 Å². The first-order chi connectivity index (χ1) is 13.2. The molecule has 9 heteroatoms. The van der Waals surface area contributed by atoms with E-state index in [1.165, 1.54) is 14.2 Å². The molecule has 0 saturated heterocycles. The van der Waals surface area contributed by atoms with Gasteiger partial charge in [0.15, 0.2) is 11.5 Å². The summed E-state index contributed by atoms with van der Waals surface area (Å²) in [5.74, 6) is 0.0608. The fourth-order valence-electron chi connectivity index (χ4n) is 2.37. The minimum absolute atomic E-state index is 0.0217. The Balaban J connectivity index is 1.84. The molecule has 2 rings (SSSR count). The number of carbonyl (C=O) groups excluding carboxylic acids is 2. The number of hydrogen-bond acceptors (Lipinski definition) is 4. The number of amides is 2. The van der Waals surface area contributed by atoms with E-state index in [0.29, 0.717) is 17.1 Å². The largest absolute Gasteiger partial charge is 0.493 e. The van der Waals surface area contributed by atoms with Crippen molar-refractivity contribution in [1.82, 2.24) is 5.32 Å². The molecule has 2 N–H and O–H groups in total. The quantitative estimate of drug-likeness (QED) is 0.754. The highest BCUT2D eigenvalue weighted by Gasteiger charge is 2.29. The topological polar surface area (TPSA) is 76.7 Å². The first-order valence-corrected chi connectivity index (χ1v) is 8.17. The summed E-state index contributed by atoms with van der Waals surface area (Å²) in [6, 6.07) is 9.04. The van der Waals surface area contributed by atoms with Gasteiger partial charge in [-0.2, -0.15) is 13.2 Å². The van der Waals surface area contributed by atoms with Gasteiger partial charge in [0, 0.05) is 5.69 Å². The van der Waals surface area contributed by atoms with Gasteiger partial charge in [-0.15, -0.1) is 0 Å². The second-order valence-corrected chi connectivity index (χ2v) is 5.77. The summed E-state index contributed by atoms with van der Waals surface area (Å²) in [6.45, 7) is -0.312. The molecule has 6 nitrogen and oxygen atoms in total. The van der Waals surface area contributed by atoms with E-state index < -0.39 is 23.6 Å². The molecule has 0 fully saturated rings. The molecule has 2 aromatic carbocycles. The van der Waals surface area contributed by atoms with Crippen LogP contribution in [0.2, 0.25) is 0 Å². The number of ether oxygens (including phenoxy) is 2. The summed E-state index contributed by atoms with van der Waals surface area (Å²) >= 11 is 0. The fourth-order valence-corrected chi connectivity index (χ4v) is 2.37. The molecule has 0 heterocycles. The van der Waals surface area contributed by atoms with Crippen LogP contribution in [0.25, 0.3) is 0 Å². The molecular formula is C19H19F3N2O4. The number of alkyl halides is 3. The Morgan fingerprint density at radius 1 is 0.929 bits per heavy atom. The lowest BCUT2D eigenvalue weighted by atomic mass is 10.1. The smallest absolute Gasteiger partial charge is 0.416 e. The maximum atomic E-state index is 12.5. The van der Waals surface area contributed by atoms with E-state index in [9.17, 15) is 22.8 Å². The molecule has 2 amide bonds. The molecule has 0 atom stereocenters. The third-order valence-corrected chi connectivity index (χ3v) is 3.75. The molecule has 0 saturated carbocycles. The third kappa shape index (κ3) is 5.90. The highest BCUT2D eigenvalue weighted by atomic mass is 19.4. The number of methoxy groups -OCH3 is 2. The van der Waals surface area contributed by atoms with Gasteiger partial charge in [-0.25, -0.2) is 0 Å². The van der Waals surface area contributed by atoms with E-state index in [1.54, 1.807) is 18.2 Å². The summed E-state index contributed by atoms with van der Waals surface area (Å²) in [5.41, 5.74) is 0.0548. The zero-order valence-corrected chi connectivity index (χ0v) is 15.2. The number of benzene rings is 2. The zero-order valence-electron chi connectivity index (χ0n) is 15.2. The molecule has 0 aliphatic rings. The van der Waals surface area contributed by atoms with Gasteiger partial charge in [-0.05, 0) is 42.0 Å². The Kier molecular flexibility index (Phi) is 6.86. The maximum absolute atomic E-state index is 12.5. The Bertz CT molecular complexity index is 836. The van der Waals surface area contributed by atoms with Crippen LogP contribution in [0.15, 0.2) is 42.5 Å². The Morgan fingerprint density at radius 2 is 1.57 bits per heavy atom. The van der Waals surface area contributed by atoms with Gasteiger partial charge in [0.2, 0.25) is 11.8 Å². The molecule has 2 aromatic rings. The molecule has 0 spiro atoms.